The predicted molar refractivity (Wildman–Crippen MR) is 110 cm³/mol. The topological polar surface area (TPSA) is 101 Å². The van der Waals surface area contributed by atoms with E-state index in [1.165, 1.54) is 19.2 Å². The van der Waals surface area contributed by atoms with Crippen molar-refractivity contribution in [3.05, 3.63) is 87.2 Å². The molecule has 0 radical (unpaired) electrons. The Balaban J connectivity index is 1.76. The summed E-state index contributed by atoms with van der Waals surface area (Å²) in [6.45, 7) is 3.24. The molecule has 0 bridgehead atoms. The van der Waals surface area contributed by atoms with Crippen LogP contribution in [0.2, 0.25) is 0 Å². The number of nitro groups is 1. The van der Waals surface area contributed by atoms with Crippen LogP contribution < -0.4 is 4.74 Å². The fourth-order valence-corrected chi connectivity index (χ4v) is 3.27. The van der Waals surface area contributed by atoms with Crippen LogP contribution in [-0.2, 0) is 4.74 Å². The van der Waals surface area contributed by atoms with E-state index >= 15 is 0 Å². The van der Waals surface area contributed by atoms with Crippen LogP contribution in [0.5, 0.6) is 5.75 Å². The number of methoxy groups -OCH3 is 1. The fourth-order valence-electron chi connectivity index (χ4n) is 3.27. The lowest BCUT2D eigenvalue weighted by Crippen LogP contribution is -2.15. The highest BCUT2D eigenvalue weighted by Gasteiger charge is 2.21. The Bertz CT molecular complexity index is 1120. The Hall–Kier alpha value is -3.94. The number of ketones is 1. The Morgan fingerprint density at radius 3 is 2.40 bits per heavy atom. The molecule has 0 aliphatic heterocycles. The number of hydrogen-bond donors (Lipinski definition) is 0. The van der Waals surface area contributed by atoms with Gasteiger partial charge in [0.25, 0.3) is 0 Å². The summed E-state index contributed by atoms with van der Waals surface area (Å²) < 4.78 is 12.0. The highest BCUT2D eigenvalue weighted by molar-refractivity contribution is 6.00. The van der Waals surface area contributed by atoms with Crippen molar-refractivity contribution in [3.8, 4) is 11.4 Å². The van der Waals surface area contributed by atoms with E-state index in [1.54, 1.807) is 6.07 Å². The van der Waals surface area contributed by atoms with Gasteiger partial charge in [-0.05, 0) is 44.2 Å². The first-order valence-electron chi connectivity index (χ1n) is 9.10. The van der Waals surface area contributed by atoms with Crippen molar-refractivity contribution in [2.75, 3.05) is 13.7 Å². The SMILES string of the molecule is COc1ccc(C(=O)OCC(=O)c2cc(C)n(-c3ccccc3)c2C)cc1[N+](=O)[O-]. The van der Waals surface area contributed by atoms with Gasteiger partial charge in [0.05, 0.1) is 17.6 Å². The van der Waals surface area contributed by atoms with E-state index < -0.39 is 17.5 Å². The Morgan fingerprint density at radius 1 is 1.07 bits per heavy atom. The number of carbonyl (C=O) groups excluding carboxylic acids is 2. The molecule has 3 rings (SSSR count). The van der Waals surface area contributed by atoms with Gasteiger partial charge < -0.3 is 14.0 Å². The van der Waals surface area contributed by atoms with Gasteiger partial charge in [0, 0.05) is 28.7 Å². The number of hydrogen-bond acceptors (Lipinski definition) is 6. The number of carbonyl (C=O) groups is 2. The van der Waals surface area contributed by atoms with Gasteiger partial charge in [-0.25, -0.2) is 4.79 Å². The number of nitrogens with zero attached hydrogens (tertiary/aromatic N) is 2. The van der Waals surface area contributed by atoms with Crippen LogP contribution in [0.1, 0.15) is 32.1 Å². The largest absolute Gasteiger partial charge is 0.490 e. The number of nitro benzene ring substituents is 1. The predicted octanol–water partition coefficient (Wildman–Crippen LogP) is 4.05. The average molecular weight is 408 g/mol. The molecular formula is C22H20N2O6. The molecule has 8 nitrogen and oxygen atoms in total. The number of para-hydroxylation sites is 1. The van der Waals surface area contributed by atoms with E-state index in [2.05, 4.69) is 0 Å². The molecule has 0 saturated carbocycles. The monoisotopic (exact) mass is 408 g/mol. The van der Waals surface area contributed by atoms with Gasteiger partial charge in [-0.15, -0.1) is 0 Å². The first kappa shape index (κ1) is 20.8. The number of Topliss-reactive ketones (excluding diaryl/α,β-unsaturated/α-hetero) is 1. The minimum atomic E-state index is -0.828. The van der Waals surface area contributed by atoms with E-state index in [1.807, 2.05) is 48.7 Å². The molecule has 0 amide bonds. The van der Waals surface area contributed by atoms with E-state index in [9.17, 15) is 19.7 Å². The fraction of sp³-hybridized carbons (Fsp3) is 0.182. The summed E-state index contributed by atoms with van der Waals surface area (Å²) in [6.07, 6.45) is 0. The number of esters is 1. The van der Waals surface area contributed by atoms with E-state index in [-0.39, 0.29) is 22.8 Å². The molecule has 0 aliphatic rings. The number of aromatic nitrogens is 1. The summed E-state index contributed by atoms with van der Waals surface area (Å²) in [5.41, 5.74) is 2.59. The Labute approximate surface area is 172 Å². The molecular weight excluding hydrogens is 388 g/mol. The number of ether oxygens (including phenoxy) is 2. The van der Waals surface area contributed by atoms with Crippen molar-refractivity contribution in [1.82, 2.24) is 4.57 Å². The van der Waals surface area contributed by atoms with E-state index in [0.29, 0.717) is 5.56 Å². The van der Waals surface area contributed by atoms with Gasteiger partial charge in [0.1, 0.15) is 0 Å². The lowest BCUT2D eigenvalue weighted by Gasteiger charge is -2.10. The lowest BCUT2D eigenvalue weighted by atomic mass is 10.1. The number of aryl methyl sites for hydroxylation is 1. The average Bonchev–Trinajstić information content (AvgIpc) is 3.05. The third kappa shape index (κ3) is 4.07. The molecule has 8 heteroatoms. The van der Waals surface area contributed by atoms with Crippen molar-refractivity contribution in [1.29, 1.82) is 0 Å². The maximum atomic E-state index is 12.7. The van der Waals surface area contributed by atoms with Gasteiger partial charge in [-0.3, -0.25) is 14.9 Å². The van der Waals surface area contributed by atoms with Crippen LogP contribution in [0.4, 0.5) is 5.69 Å². The van der Waals surface area contributed by atoms with Crippen LogP contribution in [-0.4, -0.2) is 35.0 Å². The number of rotatable bonds is 7. The van der Waals surface area contributed by atoms with Crippen LogP contribution in [0.25, 0.3) is 5.69 Å². The lowest BCUT2D eigenvalue weighted by molar-refractivity contribution is -0.385. The highest BCUT2D eigenvalue weighted by Crippen LogP contribution is 2.28. The normalized spacial score (nSPS) is 10.5. The smallest absolute Gasteiger partial charge is 0.338 e. The molecule has 30 heavy (non-hydrogen) atoms. The minimum Gasteiger partial charge on any atom is -0.490 e. The zero-order chi connectivity index (χ0) is 21.8. The van der Waals surface area contributed by atoms with E-state index in [4.69, 9.17) is 9.47 Å². The van der Waals surface area contributed by atoms with Crippen LogP contribution in [0.15, 0.2) is 54.6 Å². The van der Waals surface area contributed by atoms with Gasteiger partial charge in [0.15, 0.2) is 12.4 Å². The van der Waals surface area contributed by atoms with Crippen molar-refractivity contribution >= 4 is 17.4 Å². The molecule has 0 saturated heterocycles. The van der Waals surface area contributed by atoms with Gasteiger partial charge in [-0.2, -0.15) is 0 Å². The molecule has 0 atom stereocenters. The summed E-state index contributed by atoms with van der Waals surface area (Å²) in [5, 5.41) is 11.1. The molecule has 0 aliphatic carbocycles. The third-order valence-electron chi connectivity index (χ3n) is 4.69. The molecule has 2 aromatic carbocycles. The third-order valence-corrected chi connectivity index (χ3v) is 4.69. The van der Waals surface area contributed by atoms with Gasteiger partial charge in [-0.1, -0.05) is 18.2 Å². The summed E-state index contributed by atoms with van der Waals surface area (Å²) in [6, 6.07) is 15.1. The second kappa shape index (κ2) is 8.60. The van der Waals surface area contributed by atoms with E-state index in [0.717, 1.165) is 23.1 Å². The first-order valence-corrected chi connectivity index (χ1v) is 9.10. The molecule has 0 fully saturated rings. The van der Waals surface area contributed by atoms with Gasteiger partial charge >= 0.3 is 11.7 Å². The quantitative estimate of drug-likeness (QED) is 0.253. The van der Waals surface area contributed by atoms with Crippen LogP contribution in [0.3, 0.4) is 0 Å². The first-order chi connectivity index (χ1) is 14.3. The molecule has 1 heterocycles. The highest BCUT2D eigenvalue weighted by atomic mass is 16.6. The standard InChI is InChI=1S/C22H20N2O6/c1-14-11-18(15(2)23(14)17-7-5-4-6-8-17)20(25)13-30-22(26)16-9-10-21(29-3)19(12-16)24(27)28/h4-12H,13H2,1-3H3. The zero-order valence-electron chi connectivity index (χ0n) is 16.7. The van der Waals surface area contributed by atoms with Crippen molar-refractivity contribution in [2.45, 2.75) is 13.8 Å². The van der Waals surface area contributed by atoms with Crippen LogP contribution in [0, 0.1) is 24.0 Å². The maximum Gasteiger partial charge on any atom is 0.338 e. The molecule has 0 spiro atoms. The molecule has 0 unspecified atom stereocenters. The molecule has 3 aromatic rings. The molecule has 154 valence electrons. The summed E-state index contributed by atoms with van der Waals surface area (Å²) in [5.74, 6) is -1.16. The van der Waals surface area contributed by atoms with Crippen molar-refractivity contribution in [2.24, 2.45) is 0 Å². The Morgan fingerprint density at radius 2 is 1.77 bits per heavy atom. The van der Waals surface area contributed by atoms with Crippen LogP contribution >= 0.6 is 0 Å². The second-order valence-electron chi connectivity index (χ2n) is 6.60. The second-order valence-corrected chi connectivity index (χ2v) is 6.60. The van der Waals surface area contributed by atoms with Gasteiger partial charge in [0.2, 0.25) is 5.78 Å². The maximum absolute atomic E-state index is 12.7. The Kier molecular flexibility index (Phi) is 5.96. The summed E-state index contributed by atoms with van der Waals surface area (Å²) >= 11 is 0. The van der Waals surface area contributed by atoms with Crippen molar-refractivity contribution < 1.29 is 24.0 Å². The minimum absolute atomic E-state index is 0.0287. The zero-order valence-corrected chi connectivity index (χ0v) is 16.7. The molecule has 0 N–H and O–H groups in total. The van der Waals surface area contributed by atoms with Crippen molar-refractivity contribution in [3.63, 3.8) is 0 Å². The number of benzene rings is 2. The summed E-state index contributed by atoms with van der Waals surface area (Å²) in [7, 11) is 1.30. The molecule has 1 aromatic heterocycles. The summed E-state index contributed by atoms with van der Waals surface area (Å²) in [4.78, 5) is 35.4.